The lowest BCUT2D eigenvalue weighted by Gasteiger charge is -2.28. The number of hydrogen-bond acceptors (Lipinski definition) is 5. The maximum absolute atomic E-state index is 13.3. The predicted molar refractivity (Wildman–Crippen MR) is 97.3 cm³/mol. The SMILES string of the molecule is Cc1ccc([C@H]2CCCCCN2S(=O)(=O)c2ccccc2[N+](=O)[O-])s1. The molecule has 0 spiro atoms. The lowest BCUT2D eigenvalue weighted by Crippen LogP contribution is -2.34. The second-order valence-corrected chi connectivity index (χ2v) is 9.33. The highest BCUT2D eigenvalue weighted by Crippen LogP contribution is 2.39. The van der Waals surface area contributed by atoms with Gasteiger partial charge in [0.1, 0.15) is 0 Å². The number of hydrogen-bond donors (Lipinski definition) is 0. The maximum Gasteiger partial charge on any atom is 0.289 e. The van der Waals surface area contributed by atoms with Crippen molar-refractivity contribution in [1.29, 1.82) is 0 Å². The average Bonchev–Trinajstić information content (AvgIpc) is 2.86. The summed E-state index contributed by atoms with van der Waals surface area (Å²) in [4.78, 5) is 12.6. The van der Waals surface area contributed by atoms with Gasteiger partial charge in [-0.15, -0.1) is 11.3 Å². The molecule has 0 N–H and O–H groups in total. The van der Waals surface area contributed by atoms with Gasteiger partial charge in [0.05, 0.1) is 11.0 Å². The van der Waals surface area contributed by atoms with E-state index >= 15 is 0 Å². The van der Waals surface area contributed by atoms with E-state index in [1.54, 1.807) is 11.3 Å². The van der Waals surface area contributed by atoms with Gasteiger partial charge in [-0.2, -0.15) is 4.31 Å². The summed E-state index contributed by atoms with van der Waals surface area (Å²) in [6.45, 7) is 2.38. The van der Waals surface area contributed by atoms with Gasteiger partial charge >= 0.3 is 0 Å². The van der Waals surface area contributed by atoms with Crippen molar-refractivity contribution in [1.82, 2.24) is 4.31 Å². The monoisotopic (exact) mass is 380 g/mol. The smallest absolute Gasteiger partial charge is 0.258 e. The molecular weight excluding hydrogens is 360 g/mol. The van der Waals surface area contributed by atoms with E-state index in [2.05, 4.69) is 0 Å². The molecule has 0 saturated carbocycles. The molecule has 0 amide bonds. The molecule has 1 aliphatic rings. The fourth-order valence-electron chi connectivity index (χ4n) is 3.24. The molecule has 1 aliphatic heterocycles. The van der Waals surface area contributed by atoms with Crippen LogP contribution in [0.2, 0.25) is 0 Å². The highest BCUT2D eigenvalue weighted by molar-refractivity contribution is 7.89. The third-order valence-corrected chi connectivity index (χ3v) is 7.50. The molecule has 1 aromatic heterocycles. The molecule has 2 aromatic rings. The maximum atomic E-state index is 13.3. The van der Waals surface area contributed by atoms with Gasteiger partial charge < -0.3 is 0 Å². The summed E-state index contributed by atoms with van der Waals surface area (Å²) >= 11 is 1.59. The molecule has 0 radical (unpaired) electrons. The summed E-state index contributed by atoms with van der Waals surface area (Å²) in [7, 11) is -3.95. The van der Waals surface area contributed by atoms with Crippen molar-refractivity contribution >= 4 is 27.0 Å². The molecule has 1 saturated heterocycles. The molecule has 0 bridgehead atoms. The molecule has 25 heavy (non-hydrogen) atoms. The standard InChI is InChI=1S/C17H20N2O4S2/c1-13-10-11-16(24-13)14-7-3-2-6-12-18(14)25(22,23)17-9-5-4-8-15(17)19(20)21/h4-5,8-11,14H,2-3,6-7,12H2,1H3/t14-/m1/s1. The Morgan fingerprint density at radius 2 is 1.92 bits per heavy atom. The molecule has 1 atom stereocenters. The van der Waals surface area contributed by atoms with E-state index in [1.807, 2.05) is 19.1 Å². The second-order valence-electron chi connectivity index (χ2n) is 6.15. The van der Waals surface area contributed by atoms with Crippen molar-refractivity contribution in [3.05, 3.63) is 56.3 Å². The van der Waals surface area contributed by atoms with Gasteiger partial charge in [-0.1, -0.05) is 25.0 Å². The number of nitrogens with zero attached hydrogens (tertiary/aromatic N) is 2. The zero-order chi connectivity index (χ0) is 18.0. The van der Waals surface area contributed by atoms with Crippen LogP contribution in [0.15, 0.2) is 41.3 Å². The normalized spacial score (nSPS) is 19.5. The molecule has 2 heterocycles. The van der Waals surface area contributed by atoms with Crippen LogP contribution >= 0.6 is 11.3 Å². The fourth-order valence-corrected chi connectivity index (χ4v) is 6.16. The van der Waals surface area contributed by atoms with Gasteiger partial charge in [-0.25, -0.2) is 8.42 Å². The summed E-state index contributed by atoms with van der Waals surface area (Å²) < 4.78 is 28.0. The molecule has 0 unspecified atom stereocenters. The Hall–Kier alpha value is -1.77. The van der Waals surface area contributed by atoms with Gasteiger partial charge in [-0.05, 0) is 38.0 Å². The lowest BCUT2D eigenvalue weighted by atomic mass is 10.1. The first kappa shape index (κ1) is 18.0. The number of benzene rings is 1. The van der Waals surface area contributed by atoms with Crippen LogP contribution in [0.5, 0.6) is 0 Å². The summed E-state index contributed by atoms with van der Waals surface area (Å²) in [5.74, 6) is 0. The van der Waals surface area contributed by atoms with Crippen LogP contribution in [0.4, 0.5) is 5.69 Å². The van der Waals surface area contributed by atoms with Crippen LogP contribution in [-0.2, 0) is 10.0 Å². The number of thiophene rings is 1. The lowest BCUT2D eigenvalue weighted by molar-refractivity contribution is -0.387. The number of nitro benzene ring substituents is 1. The number of rotatable bonds is 4. The summed E-state index contributed by atoms with van der Waals surface area (Å²) in [5.41, 5.74) is -0.368. The van der Waals surface area contributed by atoms with Crippen LogP contribution in [0.3, 0.4) is 0 Å². The Labute approximate surface area is 151 Å². The average molecular weight is 380 g/mol. The van der Waals surface area contributed by atoms with E-state index in [4.69, 9.17) is 0 Å². The van der Waals surface area contributed by atoms with Crippen molar-refractivity contribution in [2.45, 2.75) is 43.5 Å². The van der Waals surface area contributed by atoms with Crippen molar-refractivity contribution in [3.63, 3.8) is 0 Å². The zero-order valence-corrected chi connectivity index (χ0v) is 15.6. The summed E-state index contributed by atoms with van der Waals surface area (Å²) in [6.07, 6.45) is 3.41. The number of sulfonamides is 1. The minimum Gasteiger partial charge on any atom is -0.258 e. The van der Waals surface area contributed by atoms with Gasteiger partial charge in [0.15, 0.2) is 4.90 Å². The second kappa shape index (κ2) is 7.23. The largest absolute Gasteiger partial charge is 0.289 e. The van der Waals surface area contributed by atoms with Crippen molar-refractivity contribution in [2.75, 3.05) is 6.54 Å². The molecule has 1 aromatic carbocycles. The Balaban J connectivity index is 2.08. The van der Waals surface area contributed by atoms with Gasteiger partial charge in [0, 0.05) is 22.4 Å². The van der Waals surface area contributed by atoms with Gasteiger partial charge in [-0.3, -0.25) is 10.1 Å². The predicted octanol–water partition coefficient (Wildman–Crippen LogP) is 4.27. The third-order valence-electron chi connectivity index (χ3n) is 4.44. The zero-order valence-electron chi connectivity index (χ0n) is 13.9. The first-order chi connectivity index (χ1) is 11.9. The molecule has 8 heteroatoms. The van der Waals surface area contributed by atoms with Gasteiger partial charge in [0.2, 0.25) is 10.0 Å². The van der Waals surface area contributed by atoms with Crippen LogP contribution in [-0.4, -0.2) is 24.2 Å². The Morgan fingerprint density at radius 3 is 2.60 bits per heavy atom. The van der Waals surface area contributed by atoms with Crippen LogP contribution in [0, 0.1) is 17.0 Å². The van der Waals surface area contributed by atoms with Gasteiger partial charge in [0.25, 0.3) is 5.69 Å². The minimum atomic E-state index is -3.95. The topological polar surface area (TPSA) is 80.5 Å². The highest BCUT2D eigenvalue weighted by Gasteiger charge is 2.37. The fraction of sp³-hybridized carbons (Fsp3) is 0.412. The number of para-hydroxylation sites is 1. The minimum absolute atomic E-state index is 0.222. The van der Waals surface area contributed by atoms with Crippen LogP contribution in [0.25, 0.3) is 0 Å². The molecule has 134 valence electrons. The molecule has 1 fully saturated rings. The quantitative estimate of drug-likeness (QED) is 0.586. The Bertz CT molecular complexity index is 876. The van der Waals surface area contributed by atoms with Crippen LogP contribution in [0.1, 0.15) is 41.5 Å². The van der Waals surface area contributed by atoms with E-state index in [9.17, 15) is 18.5 Å². The van der Waals surface area contributed by atoms with Crippen molar-refractivity contribution in [3.8, 4) is 0 Å². The van der Waals surface area contributed by atoms with E-state index in [0.29, 0.717) is 6.54 Å². The Morgan fingerprint density at radius 1 is 1.16 bits per heavy atom. The highest BCUT2D eigenvalue weighted by atomic mass is 32.2. The van der Waals surface area contributed by atoms with Crippen LogP contribution < -0.4 is 0 Å². The van der Waals surface area contributed by atoms with Crippen molar-refractivity contribution in [2.24, 2.45) is 0 Å². The molecule has 3 rings (SSSR count). The van der Waals surface area contributed by atoms with E-state index in [-0.39, 0.29) is 16.6 Å². The molecule has 0 aliphatic carbocycles. The van der Waals surface area contributed by atoms with E-state index in [1.165, 1.54) is 28.6 Å². The Kier molecular flexibility index (Phi) is 5.21. The van der Waals surface area contributed by atoms with E-state index < -0.39 is 14.9 Å². The number of nitro groups is 1. The first-order valence-corrected chi connectivity index (χ1v) is 10.5. The first-order valence-electron chi connectivity index (χ1n) is 8.23. The number of aryl methyl sites for hydroxylation is 1. The van der Waals surface area contributed by atoms with E-state index in [0.717, 1.165) is 35.4 Å². The van der Waals surface area contributed by atoms with Crippen molar-refractivity contribution < 1.29 is 13.3 Å². The summed E-state index contributed by atoms with van der Waals surface area (Å²) in [6, 6.07) is 9.29. The third kappa shape index (κ3) is 3.61. The molecular formula is C17H20N2O4S2. The molecule has 6 nitrogen and oxygen atoms in total. The summed E-state index contributed by atoms with van der Waals surface area (Å²) in [5, 5.41) is 11.3.